The fourth-order valence-electron chi connectivity index (χ4n) is 0.953. The van der Waals surface area contributed by atoms with E-state index in [1.807, 2.05) is 0 Å². The van der Waals surface area contributed by atoms with Gasteiger partial charge < -0.3 is 10.5 Å². The normalized spacial score (nSPS) is 10.5. The zero-order chi connectivity index (χ0) is 12.0. The first-order valence-electron chi connectivity index (χ1n) is 4.50. The minimum Gasteiger partial charge on any atom is -0.484 e. The molecule has 0 aliphatic rings. The van der Waals surface area contributed by atoms with Gasteiger partial charge in [0.2, 0.25) is 0 Å². The van der Waals surface area contributed by atoms with E-state index in [1.165, 1.54) is 12.1 Å². The topological polar surface area (TPSA) is 35.2 Å². The Hall–Kier alpha value is -1.67. The molecule has 0 aliphatic carbocycles. The number of rotatable bonds is 2. The van der Waals surface area contributed by atoms with E-state index < -0.39 is 12.8 Å². The first-order chi connectivity index (χ1) is 7.51. The quantitative estimate of drug-likeness (QED) is 0.786. The van der Waals surface area contributed by atoms with Crippen LogP contribution in [0.5, 0.6) is 5.75 Å². The van der Waals surface area contributed by atoms with Crippen molar-refractivity contribution in [1.29, 1.82) is 0 Å². The third-order valence-electron chi connectivity index (χ3n) is 1.59. The largest absolute Gasteiger partial charge is 0.484 e. The van der Waals surface area contributed by atoms with Gasteiger partial charge in [0.1, 0.15) is 5.75 Å². The summed E-state index contributed by atoms with van der Waals surface area (Å²) in [6.45, 7) is -1.05. The van der Waals surface area contributed by atoms with Crippen LogP contribution in [0.15, 0.2) is 24.3 Å². The molecule has 0 bridgehead atoms. The van der Waals surface area contributed by atoms with Gasteiger partial charge in [-0.25, -0.2) is 0 Å². The Morgan fingerprint density at radius 3 is 2.31 bits per heavy atom. The zero-order valence-electron chi connectivity index (χ0n) is 8.34. The van der Waals surface area contributed by atoms with Gasteiger partial charge in [0.05, 0.1) is 6.54 Å². The molecule has 0 atom stereocenters. The smallest absolute Gasteiger partial charge is 0.422 e. The Labute approximate surface area is 91.2 Å². The second kappa shape index (κ2) is 5.42. The summed E-state index contributed by atoms with van der Waals surface area (Å²) in [7, 11) is 0. The lowest BCUT2D eigenvalue weighted by atomic mass is 10.2. The van der Waals surface area contributed by atoms with Gasteiger partial charge in [-0.1, -0.05) is 11.8 Å². The molecule has 2 N–H and O–H groups in total. The van der Waals surface area contributed by atoms with Gasteiger partial charge in [-0.15, -0.1) is 0 Å². The number of halogens is 3. The van der Waals surface area contributed by atoms with Crippen LogP contribution in [-0.4, -0.2) is 19.3 Å². The van der Waals surface area contributed by atoms with Crippen LogP contribution in [0.2, 0.25) is 0 Å². The molecule has 1 aromatic rings. The van der Waals surface area contributed by atoms with E-state index in [0.717, 1.165) is 0 Å². The predicted molar refractivity (Wildman–Crippen MR) is 53.9 cm³/mol. The maximum absolute atomic E-state index is 11.8. The lowest BCUT2D eigenvalue weighted by Crippen LogP contribution is -2.19. The van der Waals surface area contributed by atoms with Crippen LogP contribution in [-0.2, 0) is 0 Å². The number of hydrogen-bond donors (Lipinski definition) is 1. The molecule has 0 aromatic heterocycles. The van der Waals surface area contributed by atoms with Crippen LogP contribution >= 0.6 is 0 Å². The number of alkyl halides is 3. The van der Waals surface area contributed by atoms with E-state index in [2.05, 4.69) is 16.6 Å². The van der Waals surface area contributed by atoms with Crippen LogP contribution in [0.25, 0.3) is 0 Å². The molecule has 86 valence electrons. The highest BCUT2D eigenvalue weighted by atomic mass is 19.4. The number of hydrogen-bond acceptors (Lipinski definition) is 2. The molecule has 0 saturated heterocycles. The van der Waals surface area contributed by atoms with E-state index in [0.29, 0.717) is 5.56 Å². The maximum atomic E-state index is 11.8. The van der Waals surface area contributed by atoms with E-state index >= 15 is 0 Å². The van der Waals surface area contributed by atoms with Gasteiger partial charge in [0, 0.05) is 5.56 Å². The van der Waals surface area contributed by atoms with Gasteiger partial charge in [-0.2, -0.15) is 13.2 Å². The van der Waals surface area contributed by atoms with Gasteiger partial charge in [0.25, 0.3) is 0 Å². The van der Waals surface area contributed by atoms with Crippen molar-refractivity contribution in [3.05, 3.63) is 29.8 Å². The van der Waals surface area contributed by atoms with Crippen LogP contribution in [0.3, 0.4) is 0 Å². The fraction of sp³-hybridized carbons (Fsp3) is 0.273. The molecule has 0 aliphatic heterocycles. The van der Waals surface area contributed by atoms with Crippen LogP contribution in [0.1, 0.15) is 5.56 Å². The third kappa shape index (κ3) is 4.71. The molecule has 0 unspecified atom stereocenters. The highest BCUT2D eigenvalue weighted by Crippen LogP contribution is 2.18. The summed E-state index contributed by atoms with van der Waals surface area (Å²) in [5.41, 5.74) is 5.86. The Morgan fingerprint density at radius 2 is 1.81 bits per heavy atom. The minimum absolute atomic E-state index is 0.163. The minimum atomic E-state index is -4.32. The summed E-state index contributed by atoms with van der Waals surface area (Å²) < 4.78 is 40.0. The average Bonchev–Trinajstić information content (AvgIpc) is 2.24. The average molecular weight is 229 g/mol. The molecule has 1 aromatic carbocycles. The zero-order valence-corrected chi connectivity index (χ0v) is 8.34. The second-order valence-electron chi connectivity index (χ2n) is 2.93. The molecule has 0 amide bonds. The van der Waals surface area contributed by atoms with Gasteiger partial charge >= 0.3 is 6.18 Å². The lowest BCUT2D eigenvalue weighted by Gasteiger charge is -2.08. The summed E-state index contributed by atoms with van der Waals surface area (Å²) in [5, 5.41) is 0. The first-order valence-corrected chi connectivity index (χ1v) is 4.50. The van der Waals surface area contributed by atoms with Gasteiger partial charge in [-0.05, 0) is 24.3 Å². The predicted octanol–water partition coefficient (Wildman–Crippen LogP) is 1.94. The van der Waals surface area contributed by atoms with Crippen molar-refractivity contribution in [2.45, 2.75) is 6.18 Å². The number of ether oxygens (including phenoxy) is 1. The second-order valence-corrected chi connectivity index (χ2v) is 2.93. The monoisotopic (exact) mass is 229 g/mol. The molecule has 16 heavy (non-hydrogen) atoms. The van der Waals surface area contributed by atoms with Gasteiger partial charge in [-0.3, -0.25) is 0 Å². The molecule has 2 nitrogen and oxygen atoms in total. The molecule has 5 heteroatoms. The molecular weight excluding hydrogens is 219 g/mol. The Bertz CT molecular complexity index is 386. The molecule has 0 heterocycles. The number of benzene rings is 1. The summed E-state index contributed by atoms with van der Waals surface area (Å²) in [5.74, 6) is 5.55. The SMILES string of the molecule is NCC#Cc1ccc(OCC(F)(F)F)cc1. The summed E-state index contributed by atoms with van der Waals surface area (Å²) >= 11 is 0. The van der Waals surface area contributed by atoms with Crippen molar-refractivity contribution >= 4 is 0 Å². The van der Waals surface area contributed by atoms with Crippen LogP contribution < -0.4 is 10.5 Å². The molecular formula is C11H10F3NO. The molecule has 0 saturated carbocycles. The van der Waals surface area contributed by atoms with E-state index in [4.69, 9.17) is 5.73 Å². The highest BCUT2D eigenvalue weighted by Gasteiger charge is 2.28. The Kier molecular flexibility index (Phi) is 4.20. The molecule has 0 radical (unpaired) electrons. The van der Waals surface area contributed by atoms with E-state index in [9.17, 15) is 13.2 Å². The Balaban J connectivity index is 2.58. The lowest BCUT2D eigenvalue weighted by molar-refractivity contribution is -0.153. The van der Waals surface area contributed by atoms with Crippen molar-refractivity contribution < 1.29 is 17.9 Å². The van der Waals surface area contributed by atoms with E-state index in [1.54, 1.807) is 12.1 Å². The van der Waals surface area contributed by atoms with Crippen molar-refractivity contribution in [2.75, 3.05) is 13.2 Å². The standard InChI is InChI=1S/C11H10F3NO/c12-11(13,14)8-16-10-5-3-9(4-6-10)2-1-7-15/h3-6H,7-8,15H2. The van der Waals surface area contributed by atoms with Crippen molar-refractivity contribution in [1.82, 2.24) is 0 Å². The molecule has 0 fully saturated rings. The molecule has 0 spiro atoms. The van der Waals surface area contributed by atoms with Crippen LogP contribution in [0, 0.1) is 11.8 Å². The first kappa shape index (κ1) is 12.4. The third-order valence-corrected chi connectivity index (χ3v) is 1.59. The summed E-state index contributed by atoms with van der Waals surface area (Å²) in [6.07, 6.45) is -4.32. The van der Waals surface area contributed by atoms with Crippen molar-refractivity contribution in [2.24, 2.45) is 5.73 Å². The summed E-state index contributed by atoms with van der Waals surface area (Å²) in [4.78, 5) is 0. The maximum Gasteiger partial charge on any atom is 0.422 e. The fourth-order valence-corrected chi connectivity index (χ4v) is 0.953. The summed E-state index contributed by atoms with van der Waals surface area (Å²) in [6, 6.07) is 6.03. The van der Waals surface area contributed by atoms with Gasteiger partial charge in [0.15, 0.2) is 6.61 Å². The van der Waals surface area contributed by atoms with E-state index in [-0.39, 0.29) is 12.3 Å². The van der Waals surface area contributed by atoms with Crippen molar-refractivity contribution in [3.8, 4) is 17.6 Å². The van der Waals surface area contributed by atoms with Crippen LogP contribution in [0.4, 0.5) is 13.2 Å². The molecule has 1 rings (SSSR count). The highest BCUT2D eigenvalue weighted by molar-refractivity contribution is 5.38. The van der Waals surface area contributed by atoms with Crippen molar-refractivity contribution in [3.63, 3.8) is 0 Å². The Morgan fingerprint density at radius 1 is 1.19 bits per heavy atom. The number of nitrogens with two attached hydrogens (primary N) is 1.